The van der Waals surface area contributed by atoms with E-state index in [1.165, 1.54) is 36.5 Å². The van der Waals surface area contributed by atoms with Gasteiger partial charge in [0.05, 0.1) is 5.56 Å². The summed E-state index contributed by atoms with van der Waals surface area (Å²) in [5.74, 6) is -3.78. The van der Waals surface area contributed by atoms with Crippen molar-refractivity contribution >= 4 is 17.6 Å². The number of hydrogen-bond acceptors (Lipinski definition) is 7. The number of hydrogen-bond donors (Lipinski definition) is 2. The molecule has 0 aliphatic carbocycles. The Morgan fingerprint density at radius 2 is 2.03 bits per heavy atom. The smallest absolute Gasteiger partial charge is 0.307 e. The summed E-state index contributed by atoms with van der Waals surface area (Å²) in [7, 11) is 0. The van der Waals surface area contributed by atoms with Gasteiger partial charge < -0.3 is 20.5 Å². The number of amides is 1. The molecule has 1 amide bonds. The summed E-state index contributed by atoms with van der Waals surface area (Å²) in [6, 6.07) is 16.4. The maximum Gasteiger partial charge on any atom is 0.307 e. The molecule has 35 heavy (non-hydrogen) atoms. The Labute approximate surface area is 200 Å². The van der Waals surface area contributed by atoms with Crippen LogP contribution in [-0.2, 0) is 4.74 Å². The number of nitrogens with one attached hydrogen (secondary N) is 1. The van der Waals surface area contributed by atoms with Crippen molar-refractivity contribution in [1.82, 2.24) is 4.98 Å². The molecule has 8 nitrogen and oxygen atoms in total. The van der Waals surface area contributed by atoms with Crippen molar-refractivity contribution < 1.29 is 23.0 Å². The molecule has 0 spiro atoms. The first-order valence-corrected chi connectivity index (χ1v) is 10.6. The van der Waals surface area contributed by atoms with E-state index < -0.39 is 30.6 Å². The maximum absolute atomic E-state index is 14.8. The molecule has 178 valence electrons. The Kier molecular flexibility index (Phi) is 6.59. The van der Waals surface area contributed by atoms with E-state index in [1.807, 2.05) is 36.4 Å². The minimum atomic E-state index is -3.37. The van der Waals surface area contributed by atoms with E-state index in [0.717, 1.165) is 5.56 Å². The van der Waals surface area contributed by atoms with Crippen LogP contribution in [0.2, 0.25) is 0 Å². The predicted octanol–water partition coefficient (Wildman–Crippen LogP) is 4.37. The van der Waals surface area contributed by atoms with Crippen molar-refractivity contribution in [3.8, 4) is 11.8 Å². The highest BCUT2D eigenvalue weighted by molar-refractivity contribution is 6.03. The van der Waals surface area contributed by atoms with E-state index in [4.69, 9.17) is 20.5 Å². The molecule has 10 heteroatoms. The van der Waals surface area contributed by atoms with Crippen molar-refractivity contribution in [2.45, 2.75) is 25.0 Å². The lowest BCUT2D eigenvalue weighted by Crippen LogP contribution is -2.39. The number of nitrogens with two attached hydrogens (primary N) is 1. The minimum Gasteiger partial charge on any atom is -0.486 e. The van der Waals surface area contributed by atoms with Gasteiger partial charge in [0.1, 0.15) is 23.6 Å². The Morgan fingerprint density at radius 3 is 2.71 bits per heavy atom. The Bertz CT molecular complexity index is 1290. The van der Waals surface area contributed by atoms with Crippen LogP contribution in [0.25, 0.3) is 0 Å². The van der Waals surface area contributed by atoms with E-state index in [-0.39, 0.29) is 28.7 Å². The number of rotatable bonds is 6. The van der Waals surface area contributed by atoms with Crippen LogP contribution in [0.3, 0.4) is 0 Å². The number of pyridine rings is 1. The number of nitriles is 1. The number of benzene rings is 2. The van der Waals surface area contributed by atoms with Crippen molar-refractivity contribution in [2.24, 2.45) is 10.7 Å². The van der Waals surface area contributed by atoms with E-state index in [0.29, 0.717) is 5.56 Å². The summed E-state index contributed by atoms with van der Waals surface area (Å²) in [6.45, 7) is 0.859. The molecule has 2 unspecified atom stereocenters. The number of aliphatic imine (C=N–C) groups is 1. The first-order valence-electron chi connectivity index (χ1n) is 10.6. The lowest BCUT2D eigenvalue weighted by atomic mass is 9.98. The van der Waals surface area contributed by atoms with Crippen molar-refractivity contribution in [2.75, 3.05) is 11.9 Å². The van der Waals surface area contributed by atoms with Gasteiger partial charge in [-0.2, -0.15) is 5.26 Å². The number of carbonyl (C=O) groups is 1. The van der Waals surface area contributed by atoms with Gasteiger partial charge >= 0.3 is 5.92 Å². The van der Waals surface area contributed by atoms with E-state index >= 15 is 0 Å². The summed E-state index contributed by atoms with van der Waals surface area (Å²) in [4.78, 5) is 20.4. The third-order valence-electron chi connectivity index (χ3n) is 5.33. The third kappa shape index (κ3) is 5.35. The molecule has 0 radical (unpaired) electrons. The molecule has 2 heterocycles. The second-order valence-corrected chi connectivity index (χ2v) is 7.84. The molecule has 1 aliphatic heterocycles. The van der Waals surface area contributed by atoms with Gasteiger partial charge in [0.15, 0.2) is 12.6 Å². The summed E-state index contributed by atoms with van der Waals surface area (Å²) in [6.07, 6.45) is 0.815. The SMILES string of the molecule is CC(Oc1ccc(NC(=O)c2ccc(C#N)cn2)cc1C1N=C(N)OCC1(F)F)c1ccccc1. The van der Waals surface area contributed by atoms with Gasteiger partial charge in [-0.3, -0.25) is 4.79 Å². The number of anilines is 1. The van der Waals surface area contributed by atoms with Gasteiger partial charge in [0.25, 0.3) is 11.9 Å². The largest absolute Gasteiger partial charge is 0.486 e. The second-order valence-electron chi connectivity index (χ2n) is 7.84. The zero-order chi connectivity index (χ0) is 25.0. The number of nitrogens with zero attached hydrogens (tertiary/aromatic N) is 3. The second kappa shape index (κ2) is 9.77. The monoisotopic (exact) mass is 477 g/mol. The van der Waals surface area contributed by atoms with Crippen molar-refractivity contribution in [3.05, 3.63) is 89.2 Å². The molecule has 3 N–H and O–H groups in total. The molecule has 0 saturated carbocycles. The molecule has 3 aromatic rings. The first-order chi connectivity index (χ1) is 16.8. The molecule has 0 fully saturated rings. The van der Waals surface area contributed by atoms with Crippen LogP contribution < -0.4 is 15.8 Å². The van der Waals surface area contributed by atoms with E-state index in [2.05, 4.69) is 15.3 Å². The average molecular weight is 477 g/mol. The molecule has 1 aromatic heterocycles. The van der Waals surface area contributed by atoms with E-state index in [1.54, 1.807) is 6.92 Å². The fraction of sp³-hybridized carbons (Fsp3) is 0.200. The van der Waals surface area contributed by atoms with Crippen LogP contribution in [0.5, 0.6) is 5.75 Å². The lowest BCUT2D eigenvalue weighted by Gasteiger charge is -2.30. The third-order valence-corrected chi connectivity index (χ3v) is 5.33. The fourth-order valence-electron chi connectivity index (χ4n) is 3.52. The highest BCUT2D eigenvalue weighted by atomic mass is 19.3. The van der Waals surface area contributed by atoms with Crippen molar-refractivity contribution in [3.63, 3.8) is 0 Å². The predicted molar refractivity (Wildman–Crippen MR) is 124 cm³/mol. The first kappa shape index (κ1) is 23.6. The van der Waals surface area contributed by atoms with Gasteiger partial charge in [-0.15, -0.1) is 0 Å². The number of ether oxygens (including phenoxy) is 2. The van der Waals surface area contributed by atoms with E-state index in [9.17, 15) is 13.6 Å². The summed E-state index contributed by atoms with van der Waals surface area (Å²) in [5.41, 5.74) is 7.07. The number of alkyl halides is 2. The average Bonchev–Trinajstić information content (AvgIpc) is 2.87. The standard InChI is InChI=1S/C25H21F2N5O3/c1-15(17-5-3-2-4-6-17)35-21-10-8-18(31-23(33)20-9-7-16(12-28)13-30-20)11-19(21)22-25(26,27)14-34-24(29)32-22/h2-11,13,15,22H,14H2,1H3,(H2,29,32)(H,31,33). The number of halogens is 2. The molecule has 1 aliphatic rings. The van der Waals surface area contributed by atoms with Gasteiger partial charge in [0.2, 0.25) is 0 Å². The molecule has 2 atom stereocenters. The molecular weight excluding hydrogens is 456 g/mol. The van der Waals surface area contributed by atoms with Gasteiger partial charge in [-0.25, -0.2) is 18.8 Å². The van der Waals surface area contributed by atoms with Crippen LogP contribution >= 0.6 is 0 Å². The maximum atomic E-state index is 14.8. The minimum absolute atomic E-state index is 0.0367. The van der Waals surface area contributed by atoms with Crippen LogP contribution in [0.1, 0.15) is 46.2 Å². The normalized spacial score (nSPS) is 17.3. The topological polar surface area (TPSA) is 123 Å². The summed E-state index contributed by atoms with van der Waals surface area (Å²) >= 11 is 0. The van der Waals surface area contributed by atoms with Crippen molar-refractivity contribution in [1.29, 1.82) is 5.26 Å². The number of amidine groups is 1. The van der Waals surface area contributed by atoms with Gasteiger partial charge in [-0.1, -0.05) is 30.3 Å². The lowest BCUT2D eigenvalue weighted by molar-refractivity contribution is -0.0787. The van der Waals surface area contributed by atoms with Gasteiger partial charge in [-0.05, 0) is 42.8 Å². The number of carbonyl (C=O) groups excluding carboxylic acids is 1. The Balaban J connectivity index is 1.68. The highest BCUT2D eigenvalue weighted by Gasteiger charge is 2.46. The molecule has 4 rings (SSSR count). The highest BCUT2D eigenvalue weighted by Crippen LogP contribution is 2.43. The summed E-state index contributed by atoms with van der Waals surface area (Å²) < 4.78 is 40.5. The van der Waals surface area contributed by atoms with Crippen LogP contribution in [0.4, 0.5) is 14.5 Å². The molecular formula is C25H21F2N5O3. The fourth-order valence-corrected chi connectivity index (χ4v) is 3.52. The quantitative estimate of drug-likeness (QED) is 0.544. The Morgan fingerprint density at radius 1 is 1.26 bits per heavy atom. The zero-order valence-corrected chi connectivity index (χ0v) is 18.6. The van der Waals surface area contributed by atoms with Crippen LogP contribution in [-0.4, -0.2) is 29.4 Å². The molecule has 0 saturated heterocycles. The molecule has 2 aromatic carbocycles. The van der Waals surface area contributed by atoms with Gasteiger partial charge in [0, 0.05) is 17.4 Å². The zero-order valence-electron chi connectivity index (χ0n) is 18.6. The van der Waals surface area contributed by atoms with Crippen LogP contribution in [0, 0.1) is 11.3 Å². The number of aromatic nitrogens is 1. The Hall–Kier alpha value is -4.52. The summed E-state index contributed by atoms with van der Waals surface area (Å²) in [5, 5.41) is 11.5. The van der Waals surface area contributed by atoms with Crippen LogP contribution in [0.15, 0.2) is 71.9 Å². The molecule has 0 bridgehead atoms.